The van der Waals surface area contributed by atoms with Gasteiger partial charge in [0.2, 0.25) is 10.0 Å². The van der Waals surface area contributed by atoms with Crippen LogP contribution in [0.4, 0.5) is 5.69 Å². The molecule has 1 saturated heterocycles. The number of nitro benzene ring substituents is 1. The zero-order chi connectivity index (χ0) is 23.2. The van der Waals surface area contributed by atoms with Crippen molar-refractivity contribution in [3.8, 4) is 0 Å². The van der Waals surface area contributed by atoms with E-state index in [2.05, 4.69) is 5.10 Å². The van der Waals surface area contributed by atoms with E-state index in [1.807, 2.05) is 6.92 Å². The fraction of sp³-hybridized carbons (Fsp3) is 0.368. The molecule has 32 heavy (non-hydrogen) atoms. The minimum atomic E-state index is -3.71. The molecule has 13 heteroatoms. The minimum Gasteiger partial charge on any atom is -0.335 e. The molecule has 2 aromatic heterocycles. The first kappa shape index (κ1) is 22.6. The number of halogens is 1. The molecule has 0 saturated carbocycles. The highest BCUT2D eigenvalue weighted by Gasteiger charge is 2.33. The number of benzene rings is 1. The number of carbonyl (C=O) groups excluding carboxylic acids is 1. The normalized spacial score (nSPS) is 15.4. The van der Waals surface area contributed by atoms with Crippen molar-refractivity contribution in [3.63, 3.8) is 0 Å². The van der Waals surface area contributed by atoms with E-state index in [4.69, 9.17) is 11.6 Å². The van der Waals surface area contributed by atoms with Crippen molar-refractivity contribution in [1.29, 1.82) is 0 Å². The summed E-state index contributed by atoms with van der Waals surface area (Å²) in [6, 6.07) is 4.28. The van der Waals surface area contributed by atoms with Gasteiger partial charge in [0.05, 0.1) is 21.8 Å². The second-order valence-electron chi connectivity index (χ2n) is 7.29. The van der Waals surface area contributed by atoms with Gasteiger partial charge in [-0.2, -0.15) is 9.40 Å². The number of thiophene rings is 1. The van der Waals surface area contributed by atoms with E-state index in [9.17, 15) is 23.3 Å². The number of nitrogens with zero attached hydrogens (tertiary/aromatic N) is 5. The lowest BCUT2D eigenvalue weighted by Crippen LogP contribution is -2.50. The summed E-state index contributed by atoms with van der Waals surface area (Å²) in [6.45, 7) is 4.91. The van der Waals surface area contributed by atoms with Gasteiger partial charge in [-0.3, -0.25) is 19.6 Å². The van der Waals surface area contributed by atoms with Crippen molar-refractivity contribution in [3.05, 3.63) is 50.1 Å². The first-order valence-electron chi connectivity index (χ1n) is 9.83. The Labute approximate surface area is 193 Å². The van der Waals surface area contributed by atoms with Crippen LogP contribution < -0.4 is 0 Å². The highest BCUT2D eigenvalue weighted by molar-refractivity contribution is 7.89. The van der Waals surface area contributed by atoms with E-state index in [1.165, 1.54) is 28.7 Å². The monoisotopic (exact) mass is 497 g/mol. The average Bonchev–Trinajstić information content (AvgIpc) is 3.32. The van der Waals surface area contributed by atoms with Crippen molar-refractivity contribution >= 4 is 54.6 Å². The number of aryl methyl sites for hydroxylation is 1. The Hall–Kier alpha value is -2.54. The maximum absolute atomic E-state index is 13.1. The number of aromatic nitrogens is 2. The van der Waals surface area contributed by atoms with E-state index in [0.29, 0.717) is 27.2 Å². The third-order valence-electron chi connectivity index (χ3n) is 5.52. The van der Waals surface area contributed by atoms with Crippen LogP contribution in [0.5, 0.6) is 0 Å². The van der Waals surface area contributed by atoms with Crippen LogP contribution >= 0.6 is 22.9 Å². The number of hydrogen-bond acceptors (Lipinski definition) is 7. The summed E-state index contributed by atoms with van der Waals surface area (Å²) in [4.78, 5) is 25.6. The standard InChI is InChI=1S/C19H20ClN5O5S2/c1-3-24-12(2)16(11-21-24)32(29,30)23-8-6-22(7-9-23)19(26)18-17(20)14-5-4-13(25(27)28)10-15(14)31-18/h4-5,10-11H,3,6-9H2,1-2H3. The molecule has 170 valence electrons. The van der Waals surface area contributed by atoms with Crippen molar-refractivity contribution in [2.75, 3.05) is 26.2 Å². The van der Waals surface area contributed by atoms with Gasteiger partial charge in [-0.1, -0.05) is 11.6 Å². The van der Waals surface area contributed by atoms with Crippen molar-refractivity contribution in [2.45, 2.75) is 25.3 Å². The van der Waals surface area contributed by atoms with Gasteiger partial charge in [-0.25, -0.2) is 8.42 Å². The molecule has 4 rings (SSSR count). The maximum atomic E-state index is 13.1. The third kappa shape index (κ3) is 3.76. The maximum Gasteiger partial charge on any atom is 0.270 e. The van der Waals surface area contributed by atoms with Crippen LogP contribution in [0.2, 0.25) is 5.02 Å². The molecule has 1 aromatic carbocycles. The summed E-state index contributed by atoms with van der Waals surface area (Å²) in [7, 11) is -3.71. The lowest BCUT2D eigenvalue weighted by Gasteiger charge is -2.33. The number of non-ortho nitro benzene ring substituents is 1. The Kier molecular flexibility index (Phi) is 5.96. The highest BCUT2D eigenvalue weighted by Crippen LogP contribution is 2.38. The number of piperazine rings is 1. The second-order valence-corrected chi connectivity index (χ2v) is 10.6. The van der Waals surface area contributed by atoms with Crippen LogP contribution in [0.1, 0.15) is 22.3 Å². The Balaban J connectivity index is 1.52. The number of rotatable bonds is 5. The first-order chi connectivity index (χ1) is 15.1. The van der Waals surface area contributed by atoms with Crippen molar-refractivity contribution in [1.82, 2.24) is 19.0 Å². The largest absolute Gasteiger partial charge is 0.335 e. The van der Waals surface area contributed by atoms with Gasteiger partial charge in [0.1, 0.15) is 9.77 Å². The fourth-order valence-corrected chi connectivity index (χ4v) is 6.81. The van der Waals surface area contributed by atoms with Gasteiger partial charge in [0.25, 0.3) is 11.6 Å². The molecule has 1 amide bonds. The van der Waals surface area contributed by atoms with Gasteiger partial charge in [0, 0.05) is 54.9 Å². The number of hydrogen-bond donors (Lipinski definition) is 0. The summed E-state index contributed by atoms with van der Waals surface area (Å²) in [5, 5.41) is 16.0. The number of carbonyl (C=O) groups is 1. The van der Waals surface area contributed by atoms with Crippen LogP contribution in [0.15, 0.2) is 29.3 Å². The fourth-order valence-electron chi connectivity index (χ4n) is 3.72. The summed E-state index contributed by atoms with van der Waals surface area (Å²) in [6.07, 6.45) is 1.36. The predicted molar refractivity (Wildman–Crippen MR) is 121 cm³/mol. The molecule has 0 aliphatic carbocycles. The second kappa shape index (κ2) is 8.43. The Morgan fingerprint density at radius 1 is 1.28 bits per heavy atom. The SMILES string of the molecule is CCn1ncc(S(=O)(=O)N2CCN(C(=O)c3sc4cc([N+](=O)[O-])ccc4c3Cl)CC2)c1C. The molecular weight excluding hydrogens is 478 g/mol. The van der Waals surface area contributed by atoms with Gasteiger partial charge in [0.15, 0.2) is 0 Å². The van der Waals surface area contributed by atoms with E-state index in [0.717, 1.165) is 11.3 Å². The summed E-state index contributed by atoms with van der Waals surface area (Å²) >= 11 is 7.49. The summed E-state index contributed by atoms with van der Waals surface area (Å²) in [5.74, 6) is -0.314. The first-order valence-corrected chi connectivity index (χ1v) is 12.5. The molecule has 3 aromatic rings. The minimum absolute atomic E-state index is 0.0741. The number of fused-ring (bicyclic) bond motifs is 1. The summed E-state index contributed by atoms with van der Waals surface area (Å²) < 4.78 is 29.6. The Morgan fingerprint density at radius 3 is 2.56 bits per heavy atom. The molecule has 0 N–H and O–H groups in total. The van der Waals surface area contributed by atoms with Gasteiger partial charge < -0.3 is 4.90 Å². The van der Waals surface area contributed by atoms with E-state index in [1.54, 1.807) is 16.5 Å². The number of nitro groups is 1. The van der Waals surface area contributed by atoms with Gasteiger partial charge in [-0.15, -0.1) is 11.3 Å². The molecular formula is C19H20ClN5O5S2. The van der Waals surface area contributed by atoms with Crippen LogP contribution in [-0.4, -0.2) is 64.4 Å². The lowest BCUT2D eigenvalue weighted by atomic mass is 10.2. The van der Waals surface area contributed by atoms with Crippen LogP contribution in [-0.2, 0) is 16.6 Å². The molecule has 0 atom stereocenters. The topological polar surface area (TPSA) is 119 Å². The molecule has 0 unspecified atom stereocenters. The van der Waals surface area contributed by atoms with Gasteiger partial charge in [-0.05, 0) is 19.9 Å². The van der Waals surface area contributed by atoms with Crippen LogP contribution in [0.25, 0.3) is 10.1 Å². The molecule has 0 bridgehead atoms. The third-order valence-corrected chi connectivity index (χ3v) is 9.17. The van der Waals surface area contributed by atoms with Crippen molar-refractivity contribution < 1.29 is 18.1 Å². The number of amides is 1. The van der Waals surface area contributed by atoms with Gasteiger partial charge >= 0.3 is 0 Å². The Morgan fingerprint density at radius 2 is 1.97 bits per heavy atom. The zero-order valence-electron chi connectivity index (χ0n) is 17.3. The van der Waals surface area contributed by atoms with Crippen molar-refractivity contribution in [2.24, 2.45) is 0 Å². The zero-order valence-corrected chi connectivity index (χ0v) is 19.7. The van der Waals surface area contributed by atoms with Crippen LogP contribution in [0, 0.1) is 17.0 Å². The smallest absolute Gasteiger partial charge is 0.270 e. The molecule has 0 spiro atoms. The lowest BCUT2D eigenvalue weighted by molar-refractivity contribution is -0.384. The molecule has 1 fully saturated rings. The molecule has 0 radical (unpaired) electrons. The molecule has 1 aliphatic heterocycles. The predicted octanol–water partition coefficient (Wildman–Crippen LogP) is 3.13. The molecule has 10 nitrogen and oxygen atoms in total. The molecule has 1 aliphatic rings. The van der Waals surface area contributed by atoms with E-state index >= 15 is 0 Å². The number of sulfonamides is 1. The highest BCUT2D eigenvalue weighted by atomic mass is 35.5. The quantitative estimate of drug-likeness (QED) is 0.394. The van der Waals surface area contributed by atoms with Crippen LogP contribution in [0.3, 0.4) is 0 Å². The summed E-state index contributed by atoms with van der Waals surface area (Å²) in [5.41, 5.74) is 0.507. The van der Waals surface area contributed by atoms with E-state index < -0.39 is 14.9 Å². The molecule has 3 heterocycles. The Bertz CT molecular complexity index is 1330. The average molecular weight is 498 g/mol. The van der Waals surface area contributed by atoms with E-state index in [-0.39, 0.29) is 47.7 Å².